The summed E-state index contributed by atoms with van der Waals surface area (Å²) in [4.78, 5) is 6.75. The van der Waals surface area contributed by atoms with Gasteiger partial charge >= 0.3 is 0 Å². The molecule has 1 saturated heterocycles. The van der Waals surface area contributed by atoms with E-state index in [9.17, 15) is 9.50 Å². The lowest BCUT2D eigenvalue weighted by Crippen LogP contribution is -2.42. The van der Waals surface area contributed by atoms with Crippen LogP contribution in [0.1, 0.15) is 30.0 Å². The van der Waals surface area contributed by atoms with Gasteiger partial charge in [0.15, 0.2) is 17.5 Å². The number of hydrogen-bond donors (Lipinski definition) is 3. The van der Waals surface area contributed by atoms with Crippen LogP contribution in [0, 0.1) is 5.82 Å². The van der Waals surface area contributed by atoms with E-state index in [2.05, 4.69) is 32.7 Å². The quantitative estimate of drug-likeness (QED) is 0.492. The Morgan fingerprint density at radius 1 is 1.21 bits per heavy atom. The molecule has 2 aromatic carbocycles. The van der Waals surface area contributed by atoms with Crippen molar-refractivity contribution in [2.45, 2.75) is 25.4 Å². The highest BCUT2D eigenvalue weighted by molar-refractivity contribution is 5.79. The predicted octanol–water partition coefficient (Wildman–Crippen LogP) is 3.04. The molecule has 0 spiro atoms. The largest absolute Gasteiger partial charge is 0.505 e. The Morgan fingerprint density at radius 3 is 2.69 bits per heavy atom. The maximum Gasteiger partial charge on any atom is 0.191 e. The Morgan fingerprint density at radius 2 is 2.00 bits per heavy atom. The Bertz CT molecular complexity index is 837. The van der Waals surface area contributed by atoms with Gasteiger partial charge in [-0.15, -0.1) is 0 Å². The number of nitrogens with zero attached hydrogens (tertiary/aromatic N) is 2. The zero-order valence-electron chi connectivity index (χ0n) is 17.0. The molecule has 0 radical (unpaired) electrons. The monoisotopic (exact) mass is 400 g/mol. The molecule has 1 fully saturated rings. The first-order valence-electron chi connectivity index (χ1n) is 9.90. The number of halogens is 1. The molecule has 2 aromatic rings. The third-order valence-electron chi connectivity index (χ3n) is 5.22. The summed E-state index contributed by atoms with van der Waals surface area (Å²) in [5.41, 5.74) is 1.93. The summed E-state index contributed by atoms with van der Waals surface area (Å²) < 4.78 is 18.9. The van der Waals surface area contributed by atoms with Gasteiger partial charge in [-0.25, -0.2) is 4.39 Å². The number of rotatable bonds is 7. The zero-order chi connectivity index (χ0) is 20.6. The number of hydrogen-bond acceptors (Lipinski definition) is 4. The topological polar surface area (TPSA) is 69.1 Å². The van der Waals surface area contributed by atoms with Crippen LogP contribution in [-0.4, -0.2) is 49.8 Å². The van der Waals surface area contributed by atoms with Gasteiger partial charge in [0, 0.05) is 20.1 Å². The average Bonchev–Trinajstić information content (AvgIpc) is 3.27. The first-order valence-corrected chi connectivity index (χ1v) is 9.90. The van der Waals surface area contributed by atoms with Crippen molar-refractivity contribution in [3.05, 3.63) is 59.4 Å². The summed E-state index contributed by atoms with van der Waals surface area (Å²) in [6, 6.07) is 12.7. The van der Waals surface area contributed by atoms with E-state index in [4.69, 9.17) is 4.74 Å². The highest BCUT2D eigenvalue weighted by Crippen LogP contribution is 2.27. The second kappa shape index (κ2) is 10.1. The Balaban J connectivity index is 1.64. The van der Waals surface area contributed by atoms with Crippen LogP contribution in [0.15, 0.2) is 47.5 Å². The number of likely N-dealkylation sites (tertiary alicyclic amines) is 1. The third kappa shape index (κ3) is 5.60. The van der Waals surface area contributed by atoms with Crippen molar-refractivity contribution in [1.29, 1.82) is 0 Å². The van der Waals surface area contributed by atoms with Crippen molar-refractivity contribution in [1.82, 2.24) is 15.5 Å². The molecule has 0 aliphatic carbocycles. The first kappa shape index (κ1) is 20.9. The van der Waals surface area contributed by atoms with E-state index in [0.717, 1.165) is 24.4 Å². The Kier molecular flexibility index (Phi) is 7.30. The van der Waals surface area contributed by atoms with Crippen molar-refractivity contribution in [3.63, 3.8) is 0 Å². The summed E-state index contributed by atoms with van der Waals surface area (Å²) >= 11 is 0. The molecular formula is C22H29FN4O2. The van der Waals surface area contributed by atoms with Crippen LogP contribution in [0.2, 0.25) is 0 Å². The van der Waals surface area contributed by atoms with Crippen LogP contribution in [0.4, 0.5) is 4.39 Å². The molecule has 1 unspecified atom stereocenters. The molecule has 3 rings (SSSR count). The molecule has 156 valence electrons. The molecule has 29 heavy (non-hydrogen) atoms. The molecule has 3 N–H and O–H groups in total. The third-order valence-corrected chi connectivity index (χ3v) is 5.22. The minimum Gasteiger partial charge on any atom is -0.505 e. The van der Waals surface area contributed by atoms with Gasteiger partial charge in [-0.05, 0) is 61.3 Å². The molecule has 0 amide bonds. The minimum atomic E-state index is -0.626. The van der Waals surface area contributed by atoms with Gasteiger partial charge in [0.2, 0.25) is 0 Å². The van der Waals surface area contributed by atoms with E-state index >= 15 is 0 Å². The van der Waals surface area contributed by atoms with Crippen molar-refractivity contribution < 1.29 is 14.2 Å². The van der Waals surface area contributed by atoms with Crippen molar-refractivity contribution in [2.24, 2.45) is 4.99 Å². The van der Waals surface area contributed by atoms with E-state index in [1.807, 2.05) is 12.1 Å². The maximum absolute atomic E-state index is 13.5. The van der Waals surface area contributed by atoms with Gasteiger partial charge in [-0.2, -0.15) is 0 Å². The zero-order valence-corrected chi connectivity index (χ0v) is 17.0. The predicted molar refractivity (Wildman–Crippen MR) is 113 cm³/mol. The van der Waals surface area contributed by atoms with E-state index < -0.39 is 5.82 Å². The molecule has 1 atom stereocenters. The molecule has 7 heteroatoms. The standard InChI is InChI=1S/C22H29FN4O2/c1-24-22(25-14-16-8-9-21(28)19(23)12-16)26-15-20(27-10-3-4-11-27)17-6-5-7-18(13-17)29-2/h5-9,12-13,20,28H,3-4,10-11,14-15H2,1-2H3,(H2,24,25,26). The molecule has 6 nitrogen and oxygen atoms in total. The minimum absolute atomic E-state index is 0.206. The number of methoxy groups -OCH3 is 1. The highest BCUT2D eigenvalue weighted by atomic mass is 19.1. The molecule has 1 aliphatic heterocycles. The Hall–Kier alpha value is -2.80. The summed E-state index contributed by atoms with van der Waals surface area (Å²) in [7, 11) is 3.39. The number of aliphatic imine (C=N–C) groups is 1. The summed E-state index contributed by atoms with van der Waals surface area (Å²) in [5.74, 6) is 0.525. The summed E-state index contributed by atoms with van der Waals surface area (Å²) in [5, 5.41) is 15.9. The second-order valence-electron chi connectivity index (χ2n) is 7.13. The van der Waals surface area contributed by atoms with Crippen LogP contribution in [-0.2, 0) is 6.54 Å². The van der Waals surface area contributed by atoms with E-state index in [-0.39, 0.29) is 11.8 Å². The number of nitrogens with one attached hydrogen (secondary N) is 2. The number of phenols is 1. The van der Waals surface area contributed by atoms with Crippen LogP contribution < -0.4 is 15.4 Å². The van der Waals surface area contributed by atoms with Crippen LogP contribution in [0.3, 0.4) is 0 Å². The van der Waals surface area contributed by atoms with Crippen LogP contribution in [0.5, 0.6) is 11.5 Å². The van der Waals surface area contributed by atoms with Gasteiger partial charge in [-0.1, -0.05) is 18.2 Å². The highest BCUT2D eigenvalue weighted by Gasteiger charge is 2.24. The van der Waals surface area contributed by atoms with Gasteiger partial charge in [0.05, 0.1) is 13.2 Å². The maximum atomic E-state index is 13.5. The molecular weight excluding hydrogens is 371 g/mol. The number of ether oxygens (including phenoxy) is 1. The number of phenolic OH excluding ortho intramolecular Hbond substituents is 1. The Labute approximate surface area is 171 Å². The SMILES string of the molecule is CN=C(NCc1ccc(O)c(F)c1)NCC(c1cccc(OC)c1)N1CCCC1. The molecule has 0 bridgehead atoms. The van der Waals surface area contributed by atoms with E-state index in [0.29, 0.717) is 19.0 Å². The fraction of sp³-hybridized carbons (Fsp3) is 0.409. The lowest BCUT2D eigenvalue weighted by atomic mass is 10.1. The molecule has 0 saturated carbocycles. The smallest absolute Gasteiger partial charge is 0.191 e. The lowest BCUT2D eigenvalue weighted by Gasteiger charge is -2.29. The van der Waals surface area contributed by atoms with Gasteiger partial charge in [0.25, 0.3) is 0 Å². The second-order valence-corrected chi connectivity index (χ2v) is 7.13. The fourth-order valence-electron chi connectivity index (χ4n) is 3.62. The van der Waals surface area contributed by atoms with Gasteiger partial charge in [0.1, 0.15) is 5.75 Å². The molecule has 1 heterocycles. The van der Waals surface area contributed by atoms with Crippen molar-refractivity contribution in [3.8, 4) is 11.5 Å². The van der Waals surface area contributed by atoms with Crippen molar-refractivity contribution >= 4 is 5.96 Å². The molecule has 0 aromatic heterocycles. The average molecular weight is 400 g/mol. The van der Waals surface area contributed by atoms with Crippen molar-refractivity contribution in [2.75, 3.05) is 33.8 Å². The normalized spacial score (nSPS) is 15.9. The van der Waals surface area contributed by atoms with Gasteiger partial charge in [-0.3, -0.25) is 9.89 Å². The molecule has 1 aliphatic rings. The van der Waals surface area contributed by atoms with Crippen LogP contribution >= 0.6 is 0 Å². The number of benzene rings is 2. The summed E-state index contributed by atoms with van der Waals surface area (Å²) in [6.45, 7) is 3.24. The number of aromatic hydroxyl groups is 1. The summed E-state index contributed by atoms with van der Waals surface area (Å²) in [6.07, 6.45) is 2.42. The lowest BCUT2D eigenvalue weighted by molar-refractivity contribution is 0.245. The fourth-order valence-corrected chi connectivity index (χ4v) is 3.62. The number of guanidine groups is 1. The van der Waals surface area contributed by atoms with E-state index in [1.165, 1.54) is 30.5 Å². The van der Waals surface area contributed by atoms with E-state index in [1.54, 1.807) is 20.2 Å². The van der Waals surface area contributed by atoms with Gasteiger partial charge < -0.3 is 20.5 Å². The first-order chi connectivity index (χ1) is 14.1. The van der Waals surface area contributed by atoms with Crippen LogP contribution in [0.25, 0.3) is 0 Å².